The lowest BCUT2D eigenvalue weighted by atomic mass is 9.98. The van der Waals surface area contributed by atoms with Gasteiger partial charge in [0.15, 0.2) is 0 Å². The molecule has 2 N–H and O–H groups in total. The van der Waals surface area contributed by atoms with E-state index in [9.17, 15) is 4.79 Å². The van der Waals surface area contributed by atoms with Gasteiger partial charge in [0, 0.05) is 43.1 Å². The second-order valence-corrected chi connectivity index (χ2v) is 6.13. The quantitative estimate of drug-likeness (QED) is 0.895. The third-order valence-corrected chi connectivity index (χ3v) is 4.59. The van der Waals surface area contributed by atoms with Crippen LogP contribution in [0.4, 0.5) is 16.2 Å². The highest BCUT2D eigenvalue weighted by atomic mass is 16.2. The third kappa shape index (κ3) is 3.13. The molecule has 2 aliphatic rings. The molecule has 2 saturated heterocycles. The first-order chi connectivity index (χ1) is 10.1. The number of piperidine rings is 1. The monoisotopic (exact) mass is 288 g/mol. The lowest BCUT2D eigenvalue weighted by Gasteiger charge is -2.35. The Morgan fingerprint density at radius 1 is 1.33 bits per heavy atom. The van der Waals surface area contributed by atoms with Gasteiger partial charge >= 0.3 is 6.03 Å². The summed E-state index contributed by atoms with van der Waals surface area (Å²) in [7, 11) is 2.19. The van der Waals surface area contributed by atoms with Crippen LogP contribution in [0.25, 0.3) is 0 Å². The Hall–Kier alpha value is -1.75. The fourth-order valence-electron chi connectivity index (χ4n) is 3.14. The number of rotatable bonds is 3. The Morgan fingerprint density at radius 2 is 2.19 bits per heavy atom. The number of carbonyl (C=O) groups excluding carboxylic acids is 1. The lowest BCUT2D eigenvalue weighted by molar-refractivity contribution is 0.190. The molecular weight excluding hydrogens is 264 g/mol. The molecule has 1 aromatic rings. The molecule has 2 aliphatic heterocycles. The number of carbonyl (C=O) groups is 1. The summed E-state index contributed by atoms with van der Waals surface area (Å²) in [4.78, 5) is 15.9. The minimum Gasteiger partial charge on any atom is -0.382 e. The third-order valence-electron chi connectivity index (χ3n) is 4.59. The van der Waals surface area contributed by atoms with E-state index in [0.717, 1.165) is 43.9 Å². The maximum absolute atomic E-state index is 11.7. The van der Waals surface area contributed by atoms with Crippen LogP contribution in [0.3, 0.4) is 0 Å². The van der Waals surface area contributed by atoms with Crippen molar-refractivity contribution >= 4 is 17.4 Å². The Balaban J connectivity index is 1.67. The molecule has 5 nitrogen and oxygen atoms in total. The van der Waals surface area contributed by atoms with E-state index in [1.165, 1.54) is 0 Å². The van der Waals surface area contributed by atoms with Crippen LogP contribution >= 0.6 is 0 Å². The second-order valence-electron chi connectivity index (χ2n) is 6.13. The van der Waals surface area contributed by atoms with E-state index in [1.54, 1.807) is 4.90 Å². The number of urea groups is 1. The lowest BCUT2D eigenvalue weighted by Crippen LogP contribution is -2.42. The highest BCUT2D eigenvalue weighted by molar-refractivity contribution is 5.94. The van der Waals surface area contributed by atoms with Crippen molar-refractivity contribution < 1.29 is 4.79 Å². The highest BCUT2D eigenvalue weighted by Gasteiger charge is 2.24. The van der Waals surface area contributed by atoms with Gasteiger partial charge in [0.1, 0.15) is 0 Å². The van der Waals surface area contributed by atoms with Crippen molar-refractivity contribution in [3.8, 4) is 0 Å². The number of hydrogen-bond acceptors (Lipinski definition) is 3. The van der Waals surface area contributed by atoms with Crippen LogP contribution in [0.1, 0.15) is 19.8 Å². The van der Waals surface area contributed by atoms with Crippen LogP contribution in [0.2, 0.25) is 0 Å². The van der Waals surface area contributed by atoms with Gasteiger partial charge in [-0.25, -0.2) is 4.79 Å². The van der Waals surface area contributed by atoms with Gasteiger partial charge in [-0.1, -0.05) is 6.07 Å². The summed E-state index contributed by atoms with van der Waals surface area (Å²) in [5.41, 5.74) is 2.07. The van der Waals surface area contributed by atoms with Gasteiger partial charge < -0.3 is 15.5 Å². The topological polar surface area (TPSA) is 47.6 Å². The number of benzene rings is 1. The molecule has 0 spiro atoms. The van der Waals surface area contributed by atoms with E-state index in [-0.39, 0.29) is 6.03 Å². The number of nitrogens with zero attached hydrogens (tertiary/aromatic N) is 2. The average Bonchev–Trinajstić information content (AvgIpc) is 2.89. The molecule has 3 rings (SSSR count). The van der Waals surface area contributed by atoms with Gasteiger partial charge in [-0.05, 0) is 45.0 Å². The molecule has 0 saturated carbocycles. The number of amides is 2. The molecule has 2 unspecified atom stereocenters. The molecule has 0 radical (unpaired) electrons. The summed E-state index contributed by atoms with van der Waals surface area (Å²) in [6.45, 7) is 4.88. The second kappa shape index (κ2) is 5.93. The zero-order valence-electron chi connectivity index (χ0n) is 12.8. The largest absolute Gasteiger partial charge is 0.382 e. The molecule has 2 atom stereocenters. The summed E-state index contributed by atoms with van der Waals surface area (Å²) < 4.78 is 0. The SMILES string of the molecule is CC1CC(Nc2cccc(N3CCNC3=O)c2)CCN1C. The van der Waals surface area contributed by atoms with Gasteiger partial charge in [-0.15, -0.1) is 0 Å². The Morgan fingerprint density at radius 3 is 2.90 bits per heavy atom. The molecule has 2 amide bonds. The normalized spacial score (nSPS) is 26.8. The maximum Gasteiger partial charge on any atom is 0.321 e. The molecule has 0 aromatic heterocycles. The first kappa shape index (κ1) is 14.2. The number of hydrogen-bond donors (Lipinski definition) is 2. The first-order valence-corrected chi connectivity index (χ1v) is 7.75. The fourth-order valence-corrected chi connectivity index (χ4v) is 3.14. The Labute approximate surface area is 126 Å². The van der Waals surface area contributed by atoms with Crippen molar-refractivity contribution in [2.45, 2.75) is 31.8 Å². The Bertz CT molecular complexity index is 519. The van der Waals surface area contributed by atoms with E-state index in [0.29, 0.717) is 12.1 Å². The zero-order chi connectivity index (χ0) is 14.8. The van der Waals surface area contributed by atoms with Crippen LogP contribution in [-0.2, 0) is 0 Å². The fraction of sp³-hybridized carbons (Fsp3) is 0.562. The molecule has 1 aromatic carbocycles. The van der Waals surface area contributed by atoms with Crippen LogP contribution in [0, 0.1) is 0 Å². The van der Waals surface area contributed by atoms with Crippen molar-refractivity contribution in [2.24, 2.45) is 0 Å². The summed E-state index contributed by atoms with van der Waals surface area (Å²) in [5.74, 6) is 0. The van der Waals surface area contributed by atoms with Gasteiger partial charge in [-0.3, -0.25) is 4.90 Å². The summed E-state index contributed by atoms with van der Waals surface area (Å²) in [5, 5.41) is 6.47. The van der Waals surface area contributed by atoms with Gasteiger partial charge in [0.05, 0.1) is 0 Å². The van der Waals surface area contributed by atoms with Crippen LogP contribution < -0.4 is 15.5 Å². The molecule has 0 aliphatic carbocycles. The summed E-state index contributed by atoms with van der Waals surface area (Å²) in [6, 6.07) is 9.30. The van der Waals surface area contributed by atoms with Crippen molar-refractivity contribution in [1.29, 1.82) is 0 Å². The van der Waals surface area contributed by atoms with E-state index in [1.807, 2.05) is 12.1 Å². The van der Waals surface area contributed by atoms with Gasteiger partial charge in [0.25, 0.3) is 0 Å². The van der Waals surface area contributed by atoms with Crippen LogP contribution in [0.5, 0.6) is 0 Å². The van der Waals surface area contributed by atoms with Crippen LogP contribution in [0.15, 0.2) is 24.3 Å². The minimum absolute atomic E-state index is 0.0000587. The van der Waals surface area contributed by atoms with E-state index in [2.05, 4.69) is 41.6 Å². The molecule has 114 valence electrons. The summed E-state index contributed by atoms with van der Waals surface area (Å²) >= 11 is 0. The van der Waals surface area contributed by atoms with Gasteiger partial charge in [-0.2, -0.15) is 0 Å². The predicted octanol–water partition coefficient (Wildman–Crippen LogP) is 2.11. The van der Waals surface area contributed by atoms with Crippen molar-refractivity contribution in [3.63, 3.8) is 0 Å². The molecule has 0 bridgehead atoms. The van der Waals surface area contributed by atoms with E-state index in [4.69, 9.17) is 0 Å². The van der Waals surface area contributed by atoms with Gasteiger partial charge in [0.2, 0.25) is 0 Å². The number of anilines is 2. The number of nitrogens with one attached hydrogen (secondary N) is 2. The van der Waals surface area contributed by atoms with Crippen molar-refractivity contribution in [2.75, 3.05) is 36.9 Å². The smallest absolute Gasteiger partial charge is 0.321 e. The maximum atomic E-state index is 11.7. The molecular formula is C16H24N4O. The zero-order valence-corrected chi connectivity index (χ0v) is 12.8. The summed E-state index contributed by atoms with van der Waals surface area (Å²) in [6.07, 6.45) is 2.32. The van der Waals surface area contributed by atoms with Crippen molar-refractivity contribution in [1.82, 2.24) is 10.2 Å². The van der Waals surface area contributed by atoms with E-state index < -0.39 is 0 Å². The highest BCUT2D eigenvalue weighted by Crippen LogP contribution is 2.24. The average molecular weight is 288 g/mol. The molecule has 21 heavy (non-hydrogen) atoms. The molecule has 2 fully saturated rings. The number of likely N-dealkylation sites (tertiary alicyclic amines) is 1. The first-order valence-electron chi connectivity index (χ1n) is 7.75. The van der Waals surface area contributed by atoms with E-state index >= 15 is 0 Å². The molecule has 5 heteroatoms. The Kier molecular flexibility index (Phi) is 4.01. The minimum atomic E-state index is 0.0000587. The predicted molar refractivity (Wildman–Crippen MR) is 85.9 cm³/mol. The standard InChI is InChI=1S/C16H24N4O/c1-12-10-14(6-8-19(12)2)18-13-4-3-5-15(11-13)20-9-7-17-16(20)21/h3-5,11-12,14,18H,6-10H2,1-2H3,(H,17,21). The van der Waals surface area contributed by atoms with Crippen LogP contribution in [-0.4, -0.2) is 49.7 Å². The van der Waals surface area contributed by atoms with Crippen molar-refractivity contribution in [3.05, 3.63) is 24.3 Å². The molecule has 2 heterocycles.